The number of methoxy groups -OCH3 is 2. The number of anilines is 1. The molecule has 1 aromatic carbocycles. The van der Waals surface area contributed by atoms with E-state index < -0.39 is 5.41 Å². The van der Waals surface area contributed by atoms with Gasteiger partial charge in [0.2, 0.25) is 5.91 Å². The van der Waals surface area contributed by atoms with E-state index in [2.05, 4.69) is 24.1 Å². The molecule has 0 bridgehead atoms. The molecular formula is C18H22N2O3S. The van der Waals surface area contributed by atoms with Crippen LogP contribution < -0.4 is 14.8 Å². The lowest BCUT2D eigenvalue weighted by atomic mass is 9.94. The highest BCUT2D eigenvalue weighted by molar-refractivity contribution is 7.13. The molecule has 0 unspecified atom stereocenters. The normalized spacial score (nSPS) is 15.2. The molecule has 128 valence electrons. The first-order valence-electron chi connectivity index (χ1n) is 7.99. The summed E-state index contributed by atoms with van der Waals surface area (Å²) in [5.41, 5.74) is 1.48. The van der Waals surface area contributed by atoms with Gasteiger partial charge in [0.25, 0.3) is 0 Å². The number of carbonyl (C=O) groups excluding carboxylic acids is 1. The van der Waals surface area contributed by atoms with Crippen LogP contribution in [0.4, 0.5) is 5.13 Å². The summed E-state index contributed by atoms with van der Waals surface area (Å²) in [6.45, 7) is 4.18. The number of hydrogen-bond donors (Lipinski definition) is 1. The highest BCUT2D eigenvalue weighted by atomic mass is 32.1. The Morgan fingerprint density at radius 3 is 2.50 bits per heavy atom. The standard InChI is InChI=1S/C18H22N2O3S/c1-11(2)13-10-24-17(19-13)20-16(21)18(7-8-18)12-5-6-14(22-3)15(9-12)23-4/h5-6,9-11H,7-8H2,1-4H3,(H,19,20,21). The van der Waals surface area contributed by atoms with Gasteiger partial charge in [-0.1, -0.05) is 19.9 Å². The zero-order chi connectivity index (χ0) is 17.3. The number of ether oxygens (including phenoxy) is 2. The van der Waals surface area contributed by atoms with Crippen molar-refractivity contribution in [3.05, 3.63) is 34.8 Å². The zero-order valence-electron chi connectivity index (χ0n) is 14.4. The van der Waals surface area contributed by atoms with Crippen molar-refractivity contribution in [2.45, 2.75) is 38.0 Å². The van der Waals surface area contributed by atoms with E-state index in [0.29, 0.717) is 22.5 Å². The summed E-state index contributed by atoms with van der Waals surface area (Å²) in [6, 6.07) is 5.68. The highest BCUT2D eigenvalue weighted by Crippen LogP contribution is 2.50. The number of carbonyl (C=O) groups is 1. The average Bonchev–Trinajstić information content (AvgIpc) is 3.27. The molecule has 0 aliphatic heterocycles. The molecule has 1 amide bonds. The molecule has 1 saturated carbocycles. The van der Waals surface area contributed by atoms with Gasteiger partial charge in [-0.05, 0) is 36.5 Å². The average molecular weight is 346 g/mol. The van der Waals surface area contributed by atoms with Crippen LogP contribution in [-0.4, -0.2) is 25.1 Å². The van der Waals surface area contributed by atoms with Crippen LogP contribution in [-0.2, 0) is 10.2 Å². The number of amides is 1. The molecule has 0 atom stereocenters. The van der Waals surface area contributed by atoms with Gasteiger partial charge >= 0.3 is 0 Å². The largest absolute Gasteiger partial charge is 0.493 e. The Morgan fingerprint density at radius 1 is 1.25 bits per heavy atom. The minimum absolute atomic E-state index is 0.000578. The van der Waals surface area contributed by atoms with Crippen LogP contribution in [0.1, 0.15) is 43.9 Å². The fourth-order valence-electron chi connectivity index (χ4n) is 2.73. The molecule has 1 aromatic heterocycles. The molecular weight excluding hydrogens is 324 g/mol. The van der Waals surface area contributed by atoms with Crippen LogP contribution in [0, 0.1) is 0 Å². The maximum absolute atomic E-state index is 12.8. The van der Waals surface area contributed by atoms with Crippen LogP contribution in [0.5, 0.6) is 11.5 Å². The number of rotatable bonds is 6. The summed E-state index contributed by atoms with van der Waals surface area (Å²) >= 11 is 1.47. The van der Waals surface area contributed by atoms with E-state index in [4.69, 9.17) is 9.47 Å². The Labute approximate surface area is 146 Å². The lowest BCUT2D eigenvalue weighted by molar-refractivity contribution is -0.118. The second kappa shape index (κ2) is 6.43. The first-order valence-corrected chi connectivity index (χ1v) is 8.87. The SMILES string of the molecule is COc1ccc(C2(C(=O)Nc3nc(C(C)C)cs3)CC2)cc1OC. The summed E-state index contributed by atoms with van der Waals surface area (Å²) in [4.78, 5) is 17.3. The Balaban J connectivity index is 1.81. The number of thiazole rings is 1. The van der Waals surface area contributed by atoms with E-state index >= 15 is 0 Å². The van der Waals surface area contributed by atoms with Crippen molar-refractivity contribution in [1.82, 2.24) is 4.98 Å². The third-order valence-electron chi connectivity index (χ3n) is 4.45. The Bertz CT molecular complexity index is 750. The van der Waals surface area contributed by atoms with Crippen LogP contribution >= 0.6 is 11.3 Å². The van der Waals surface area contributed by atoms with E-state index in [1.54, 1.807) is 14.2 Å². The van der Waals surface area contributed by atoms with Crippen molar-refractivity contribution in [2.24, 2.45) is 0 Å². The zero-order valence-corrected chi connectivity index (χ0v) is 15.2. The van der Waals surface area contributed by atoms with Crippen LogP contribution in [0.2, 0.25) is 0 Å². The van der Waals surface area contributed by atoms with E-state index in [1.165, 1.54) is 11.3 Å². The first kappa shape index (κ1) is 16.8. The molecule has 1 fully saturated rings. The van der Waals surface area contributed by atoms with Gasteiger partial charge in [-0.25, -0.2) is 4.98 Å². The van der Waals surface area contributed by atoms with Gasteiger partial charge in [0.05, 0.1) is 25.3 Å². The number of benzene rings is 1. The third kappa shape index (κ3) is 2.98. The van der Waals surface area contributed by atoms with Crippen LogP contribution in [0.15, 0.2) is 23.6 Å². The van der Waals surface area contributed by atoms with Crippen molar-refractivity contribution in [3.63, 3.8) is 0 Å². The monoisotopic (exact) mass is 346 g/mol. The fourth-order valence-corrected chi connectivity index (χ4v) is 3.60. The van der Waals surface area contributed by atoms with Gasteiger partial charge in [0.1, 0.15) is 0 Å². The van der Waals surface area contributed by atoms with Gasteiger partial charge < -0.3 is 14.8 Å². The summed E-state index contributed by atoms with van der Waals surface area (Å²) < 4.78 is 10.6. The van der Waals surface area contributed by atoms with Crippen molar-refractivity contribution in [3.8, 4) is 11.5 Å². The highest BCUT2D eigenvalue weighted by Gasteiger charge is 2.51. The molecule has 0 spiro atoms. The molecule has 1 N–H and O–H groups in total. The lowest BCUT2D eigenvalue weighted by Crippen LogP contribution is -2.27. The molecule has 5 nitrogen and oxygen atoms in total. The second-order valence-corrected chi connectivity index (χ2v) is 7.20. The Kier molecular flexibility index (Phi) is 4.49. The maximum atomic E-state index is 12.8. The Morgan fingerprint density at radius 2 is 1.96 bits per heavy atom. The van der Waals surface area contributed by atoms with Crippen molar-refractivity contribution in [2.75, 3.05) is 19.5 Å². The summed E-state index contributed by atoms with van der Waals surface area (Å²) in [6.07, 6.45) is 1.66. The predicted molar refractivity (Wildman–Crippen MR) is 95.3 cm³/mol. The Hall–Kier alpha value is -2.08. The lowest BCUT2D eigenvalue weighted by Gasteiger charge is -2.17. The van der Waals surface area contributed by atoms with Gasteiger partial charge in [-0.2, -0.15) is 0 Å². The number of nitrogens with zero attached hydrogens (tertiary/aromatic N) is 1. The maximum Gasteiger partial charge on any atom is 0.236 e. The molecule has 1 aliphatic rings. The second-order valence-electron chi connectivity index (χ2n) is 6.34. The van der Waals surface area contributed by atoms with Crippen molar-refractivity contribution < 1.29 is 14.3 Å². The third-order valence-corrected chi connectivity index (χ3v) is 5.23. The fraction of sp³-hybridized carbons (Fsp3) is 0.444. The van der Waals surface area contributed by atoms with Gasteiger partial charge in [0.15, 0.2) is 16.6 Å². The molecule has 24 heavy (non-hydrogen) atoms. The van der Waals surface area contributed by atoms with E-state index in [1.807, 2.05) is 23.6 Å². The van der Waals surface area contributed by atoms with Crippen molar-refractivity contribution in [1.29, 1.82) is 0 Å². The molecule has 2 aromatic rings. The molecule has 0 radical (unpaired) electrons. The van der Waals surface area contributed by atoms with Gasteiger partial charge in [-0.15, -0.1) is 11.3 Å². The summed E-state index contributed by atoms with van der Waals surface area (Å²) in [7, 11) is 3.20. The summed E-state index contributed by atoms with van der Waals surface area (Å²) in [5, 5.41) is 5.64. The van der Waals surface area contributed by atoms with Crippen molar-refractivity contribution >= 4 is 22.4 Å². The number of aromatic nitrogens is 1. The predicted octanol–water partition coefficient (Wildman–Crippen LogP) is 3.95. The smallest absolute Gasteiger partial charge is 0.236 e. The van der Waals surface area contributed by atoms with E-state index in [-0.39, 0.29) is 5.91 Å². The minimum atomic E-state index is -0.483. The topological polar surface area (TPSA) is 60.5 Å². The van der Waals surface area contributed by atoms with Crippen LogP contribution in [0.3, 0.4) is 0 Å². The molecule has 0 saturated heterocycles. The van der Waals surface area contributed by atoms with Gasteiger partial charge in [-0.3, -0.25) is 4.79 Å². The van der Waals surface area contributed by atoms with E-state index in [0.717, 1.165) is 24.1 Å². The molecule has 1 aliphatic carbocycles. The van der Waals surface area contributed by atoms with E-state index in [9.17, 15) is 4.79 Å². The van der Waals surface area contributed by atoms with Crippen LogP contribution in [0.25, 0.3) is 0 Å². The van der Waals surface area contributed by atoms with Gasteiger partial charge in [0, 0.05) is 5.38 Å². The first-order chi connectivity index (χ1) is 11.5. The molecule has 3 rings (SSSR count). The number of nitrogens with one attached hydrogen (secondary N) is 1. The quantitative estimate of drug-likeness (QED) is 0.860. The molecule has 1 heterocycles. The molecule has 6 heteroatoms. The number of hydrogen-bond acceptors (Lipinski definition) is 5. The summed E-state index contributed by atoms with van der Waals surface area (Å²) in [5.74, 6) is 1.66. The minimum Gasteiger partial charge on any atom is -0.493 e.